The molecule has 2 aromatic carbocycles. The first-order valence-corrected chi connectivity index (χ1v) is 11.7. The highest BCUT2D eigenvalue weighted by Gasteiger charge is 2.25. The van der Waals surface area contributed by atoms with E-state index >= 15 is 0 Å². The van der Waals surface area contributed by atoms with Crippen molar-refractivity contribution in [1.82, 2.24) is 20.0 Å². The highest BCUT2D eigenvalue weighted by atomic mass is 79.9. The Balaban J connectivity index is 1.38. The van der Waals surface area contributed by atoms with Crippen LogP contribution < -0.4 is 10.1 Å². The summed E-state index contributed by atoms with van der Waals surface area (Å²) in [4.78, 5) is 15.5. The number of methoxy groups -OCH3 is 1. The first-order chi connectivity index (χ1) is 15.5. The van der Waals surface area contributed by atoms with Gasteiger partial charge in [-0.1, -0.05) is 34.1 Å². The first-order valence-electron chi connectivity index (χ1n) is 10.9. The topological polar surface area (TPSA) is 59.4 Å². The van der Waals surface area contributed by atoms with Gasteiger partial charge in [0.15, 0.2) is 0 Å². The van der Waals surface area contributed by atoms with E-state index in [0.29, 0.717) is 5.56 Å². The average Bonchev–Trinajstić information content (AvgIpc) is 3.10. The minimum absolute atomic E-state index is 0.0356. The standard InChI is InChI=1S/C25H29BrN4O2/c1-17-24(18(2)30(28-17)22-10-8-20(26)9-11-22)25(31)27-21-12-14-29(15-13-21)16-19-6-4-5-7-23(19)32-3/h4-11,21H,12-16H2,1-3H3,(H,27,31). The van der Waals surface area contributed by atoms with Crippen molar-refractivity contribution in [3.05, 3.63) is 75.5 Å². The van der Waals surface area contributed by atoms with Gasteiger partial charge in [-0.15, -0.1) is 0 Å². The molecule has 0 spiro atoms. The maximum absolute atomic E-state index is 13.1. The van der Waals surface area contributed by atoms with Gasteiger partial charge >= 0.3 is 0 Å². The molecule has 1 fully saturated rings. The van der Waals surface area contributed by atoms with Gasteiger partial charge in [0.25, 0.3) is 5.91 Å². The van der Waals surface area contributed by atoms with Crippen molar-refractivity contribution >= 4 is 21.8 Å². The molecule has 0 unspecified atom stereocenters. The number of carbonyl (C=O) groups excluding carboxylic acids is 1. The summed E-state index contributed by atoms with van der Waals surface area (Å²) < 4.78 is 8.33. The molecule has 1 aliphatic rings. The second-order valence-electron chi connectivity index (χ2n) is 8.27. The van der Waals surface area contributed by atoms with Gasteiger partial charge in [0.1, 0.15) is 5.75 Å². The summed E-state index contributed by atoms with van der Waals surface area (Å²) in [5, 5.41) is 7.87. The third kappa shape index (κ3) is 4.89. The number of benzene rings is 2. The Kier molecular flexibility index (Phi) is 6.96. The van der Waals surface area contributed by atoms with Gasteiger partial charge in [-0.25, -0.2) is 4.68 Å². The monoisotopic (exact) mass is 496 g/mol. The number of amides is 1. The maximum Gasteiger partial charge on any atom is 0.255 e. The van der Waals surface area contributed by atoms with Crippen LogP contribution in [-0.2, 0) is 6.54 Å². The lowest BCUT2D eigenvalue weighted by Crippen LogP contribution is -2.44. The number of ether oxygens (including phenoxy) is 1. The Hall–Kier alpha value is -2.64. The second-order valence-corrected chi connectivity index (χ2v) is 9.19. The Morgan fingerprint density at radius 3 is 2.50 bits per heavy atom. The molecule has 1 aliphatic heterocycles. The van der Waals surface area contributed by atoms with Crippen molar-refractivity contribution in [2.75, 3.05) is 20.2 Å². The fourth-order valence-electron chi connectivity index (χ4n) is 4.37. The summed E-state index contributed by atoms with van der Waals surface area (Å²) in [6.07, 6.45) is 1.86. The minimum Gasteiger partial charge on any atom is -0.496 e. The molecular formula is C25H29BrN4O2. The summed E-state index contributed by atoms with van der Waals surface area (Å²) >= 11 is 3.46. The van der Waals surface area contributed by atoms with Crippen molar-refractivity contribution < 1.29 is 9.53 Å². The van der Waals surface area contributed by atoms with Crippen LogP contribution in [0.1, 0.15) is 40.2 Å². The minimum atomic E-state index is -0.0356. The van der Waals surface area contributed by atoms with E-state index < -0.39 is 0 Å². The smallest absolute Gasteiger partial charge is 0.255 e. The second kappa shape index (κ2) is 9.88. The van der Waals surface area contributed by atoms with E-state index in [4.69, 9.17) is 4.74 Å². The zero-order chi connectivity index (χ0) is 22.7. The molecular weight excluding hydrogens is 468 g/mol. The average molecular weight is 497 g/mol. The number of nitrogens with zero attached hydrogens (tertiary/aromatic N) is 3. The van der Waals surface area contributed by atoms with E-state index in [9.17, 15) is 4.79 Å². The molecule has 168 valence electrons. The van der Waals surface area contributed by atoms with E-state index in [1.54, 1.807) is 7.11 Å². The molecule has 3 aromatic rings. The molecule has 1 amide bonds. The van der Waals surface area contributed by atoms with Gasteiger partial charge in [-0.2, -0.15) is 5.10 Å². The molecule has 1 saturated heterocycles. The Bertz CT molecular complexity index is 1090. The van der Waals surface area contributed by atoms with Gasteiger partial charge in [0.05, 0.1) is 29.7 Å². The third-order valence-electron chi connectivity index (χ3n) is 6.10. The quantitative estimate of drug-likeness (QED) is 0.539. The molecule has 0 aliphatic carbocycles. The van der Waals surface area contributed by atoms with Crippen LogP contribution in [0.4, 0.5) is 0 Å². The lowest BCUT2D eigenvalue weighted by atomic mass is 10.0. The van der Waals surface area contributed by atoms with Crippen molar-refractivity contribution in [2.45, 2.75) is 39.3 Å². The number of nitrogens with one attached hydrogen (secondary N) is 1. The zero-order valence-corrected chi connectivity index (χ0v) is 20.4. The van der Waals surface area contributed by atoms with Gasteiger partial charge in [0.2, 0.25) is 0 Å². The largest absolute Gasteiger partial charge is 0.496 e. The highest BCUT2D eigenvalue weighted by molar-refractivity contribution is 9.10. The number of aryl methyl sites for hydroxylation is 1. The molecule has 4 rings (SSSR count). The lowest BCUT2D eigenvalue weighted by Gasteiger charge is -2.32. The van der Waals surface area contributed by atoms with E-state index in [2.05, 4.69) is 37.3 Å². The number of likely N-dealkylation sites (tertiary alicyclic amines) is 1. The summed E-state index contributed by atoms with van der Waals surface area (Å²) in [7, 11) is 1.71. The molecule has 6 nitrogen and oxygen atoms in total. The fraction of sp³-hybridized carbons (Fsp3) is 0.360. The number of halogens is 1. The van der Waals surface area contributed by atoms with Gasteiger partial charge < -0.3 is 10.1 Å². The molecule has 0 bridgehead atoms. The zero-order valence-electron chi connectivity index (χ0n) is 18.8. The maximum atomic E-state index is 13.1. The molecule has 2 heterocycles. The van der Waals surface area contributed by atoms with Crippen LogP contribution >= 0.6 is 15.9 Å². The number of piperidine rings is 1. The van der Waals surface area contributed by atoms with Crippen LogP contribution in [0.2, 0.25) is 0 Å². The Morgan fingerprint density at radius 2 is 1.81 bits per heavy atom. The molecule has 1 aromatic heterocycles. The van der Waals surface area contributed by atoms with Crippen LogP contribution in [0.5, 0.6) is 5.75 Å². The first kappa shape index (κ1) is 22.6. The number of para-hydroxylation sites is 1. The van der Waals surface area contributed by atoms with E-state index in [0.717, 1.165) is 59.8 Å². The summed E-state index contributed by atoms with van der Waals surface area (Å²) in [6.45, 7) is 6.60. The number of aromatic nitrogens is 2. The number of hydrogen-bond acceptors (Lipinski definition) is 4. The Morgan fingerprint density at radius 1 is 1.12 bits per heavy atom. The molecule has 32 heavy (non-hydrogen) atoms. The number of carbonyl (C=O) groups is 1. The third-order valence-corrected chi connectivity index (χ3v) is 6.63. The van der Waals surface area contributed by atoms with Crippen LogP contribution in [0.25, 0.3) is 5.69 Å². The van der Waals surface area contributed by atoms with Crippen molar-refractivity contribution in [1.29, 1.82) is 0 Å². The predicted octanol–water partition coefficient (Wildman–Crippen LogP) is 4.65. The van der Waals surface area contributed by atoms with E-state index in [1.165, 1.54) is 5.56 Å². The van der Waals surface area contributed by atoms with Crippen LogP contribution in [0, 0.1) is 13.8 Å². The molecule has 0 atom stereocenters. The van der Waals surface area contributed by atoms with Crippen LogP contribution in [0.3, 0.4) is 0 Å². The van der Waals surface area contributed by atoms with Gasteiger partial charge in [-0.3, -0.25) is 9.69 Å². The molecule has 1 N–H and O–H groups in total. The fourth-order valence-corrected chi connectivity index (χ4v) is 4.64. The number of rotatable bonds is 6. The summed E-state index contributed by atoms with van der Waals surface area (Å²) in [6, 6.07) is 16.3. The van der Waals surface area contributed by atoms with Crippen LogP contribution in [0.15, 0.2) is 53.0 Å². The van der Waals surface area contributed by atoms with Gasteiger partial charge in [0, 0.05) is 35.7 Å². The van der Waals surface area contributed by atoms with Crippen molar-refractivity contribution in [3.8, 4) is 11.4 Å². The van der Waals surface area contributed by atoms with Crippen molar-refractivity contribution in [3.63, 3.8) is 0 Å². The molecule has 7 heteroatoms. The number of hydrogen-bond donors (Lipinski definition) is 1. The molecule has 0 saturated carbocycles. The lowest BCUT2D eigenvalue weighted by molar-refractivity contribution is 0.0907. The van der Waals surface area contributed by atoms with E-state index in [1.807, 2.05) is 61.0 Å². The normalized spacial score (nSPS) is 15.0. The SMILES string of the molecule is COc1ccccc1CN1CCC(NC(=O)c2c(C)nn(-c3ccc(Br)cc3)c2C)CC1. The summed E-state index contributed by atoms with van der Waals surface area (Å²) in [5.41, 5.74) is 4.42. The van der Waals surface area contributed by atoms with Gasteiger partial charge in [-0.05, 0) is 57.0 Å². The summed E-state index contributed by atoms with van der Waals surface area (Å²) in [5.74, 6) is 0.892. The van der Waals surface area contributed by atoms with Crippen LogP contribution in [-0.4, -0.2) is 46.8 Å². The highest BCUT2D eigenvalue weighted by Crippen LogP contribution is 2.23. The predicted molar refractivity (Wildman–Crippen MR) is 129 cm³/mol. The van der Waals surface area contributed by atoms with E-state index in [-0.39, 0.29) is 11.9 Å². The Labute approximate surface area is 197 Å². The van der Waals surface area contributed by atoms with Crippen molar-refractivity contribution in [2.24, 2.45) is 0 Å². The molecule has 0 radical (unpaired) electrons.